The Balaban J connectivity index is 1.74. The first kappa shape index (κ1) is 12.8. The summed E-state index contributed by atoms with van der Waals surface area (Å²) in [5, 5.41) is 7.50. The summed E-state index contributed by atoms with van der Waals surface area (Å²) < 4.78 is 6.34. The molecule has 1 aliphatic rings. The first-order chi connectivity index (χ1) is 9.33. The van der Waals surface area contributed by atoms with Gasteiger partial charge in [-0.2, -0.15) is 4.98 Å². The Morgan fingerprint density at radius 2 is 2.26 bits per heavy atom. The zero-order valence-corrected chi connectivity index (χ0v) is 12.2. The summed E-state index contributed by atoms with van der Waals surface area (Å²) in [6.45, 7) is 2.18. The Labute approximate surface area is 120 Å². The number of benzene rings is 1. The van der Waals surface area contributed by atoms with Crippen LogP contribution in [0.25, 0.3) is 11.5 Å². The highest BCUT2D eigenvalue weighted by Crippen LogP contribution is 2.26. The molecule has 1 N–H and O–H groups in total. The van der Waals surface area contributed by atoms with Crippen LogP contribution in [0, 0.1) is 5.92 Å². The van der Waals surface area contributed by atoms with Gasteiger partial charge in [-0.1, -0.05) is 17.3 Å². The fraction of sp³-hybridized carbons (Fsp3) is 0.429. The first-order valence-corrected chi connectivity index (χ1v) is 7.40. The number of nitrogens with zero attached hydrogens (tertiary/aromatic N) is 2. The molecule has 19 heavy (non-hydrogen) atoms. The maximum atomic E-state index is 5.36. The van der Waals surface area contributed by atoms with Crippen LogP contribution in [0.5, 0.6) is 0 Å². The van der Waals surface area contributed by atoms with E-state index in [1.54, 1.807) is 0 Å². The van der Waals surface area contributed by atoms with E-state index in [0.717, 1.165) is 35.4 Å². The molecule has 1 saturated heterocycles. The minimum Gasteiger partial charge on any atom is -0.334 e. The van der Waals surface area contributed by atoms with Gasteiger partial charge in [0.25, 0.3) is 5.89 Å². The molecule has 0 aliphatic carbocycles. The standard InChI is InChI=1S/C14H16BrN3O/c15-12-6-2-1-5-11(12)14-17-13(18-19-14)8-10-4-3-7-16-9-10/h1-2,5-6,10,16H,3-4,7-9H2. The van der Waals surface area contributed by atoms with Crippen molar-refractivity contribution in [3.63, 3.8) is 0 Å². The zero-order chi connectivity index (χ0) is 13.1. The van der Waals surface area contributed by atoms with Gasteiger partial charge < -0.3 is 9.84 Å². The van der Waals surface area contributed by atoms with Gasteiger partial charge in [-0.3, -0.25) is 0 Å². The van der Waals surface area contributed by atoms with E-state index >= 15 is 0 Å². The molecule has 2 heterocycles. The lowest BCUT2D eigenvalue weighted by molar-refractivity contribution is 0.360. The van der Waals surface area contributed by atoms with E-state index in [1.807, 2.05) is 24.3 Å². The predicted molar refractivity (Wildman–Crippen MR) is 76.7 cm³/mol. The van der Waals surface area contributed by atoms with Crippen LogP contribution in [0.15, 0.2) is 33.3 Å². The van der Waals surface area contributed by atoms with Crippen LogP contribution in [-0.4, -0.2) is 23.2 Å². The predicted octanol–water partition coefficient (Wildman–Crippen LogP) is 3.04. The molecular weight excluding hydrogens is 306 g/mol. The van der Waals surface area contributed by atoms with Crippen LogP contribution >= 0.6 is 15.9 Å². The molecule has 2 aromatic rings. The number of hydrogen-bond donors (Lipinski definition) is 1. The summed E-state index contributed by atoms with van der Waals surface area (Å²) >= 11 is 3.50. The van der Waals surface area contributed by atoms with Crippen LogP contribution < -0.4 is 5.32 Å². The van der Waals surface area contributed by atoms with Crippen molar-refractivity contribution in [2.45, 2.75) is 19.3 Å². The zero-order valence-electron chi connectivity index (χ0n) is 10.6. The molecule has 0 radical (unpaired) electrons. The quantitative estimate of drug-likeness (QED) is 0.944. The van der Waals surface area contributed by atoms with Crippen molar-refractivity contribution in [3.8, 4) is 11.5 Å². The van der Waals surface area contributed by atoms with Crippen molar-refractivity contribution < 1.29 is 4.52 Å². The maximum absolute atomic E-state index is 5.36. The number of halogens is 1. The molecule has 1 atom stereocenters. The van der Waals surface area contributed by atoms with E-state index in [2.05, 4.69) is 31.4 Å². The molecule has 3 rings (SSSR count). The van der Waals surface area contributed by atoms with Crippen LogP contribution in [-0.2, 0) is 6.42 Å². The SMILES string of the molecule is Brc1ccccc1-c1nc(CC2CCCNC2)no1. The van der Waals surface area contributed by atoms with Crippen LogP contribution in [0.1, 0.15) is 18.7 Å². The smallest absolute Gasteiger partial charge is 0.259 e. The van der Waals surface area contributed by atoms with E-state index in [0.29, 0.717) is 11.8 Å². The van der Waals surface area contributed by atoms with E-state index in [4.69, 9.17) is 4.52 Å². The van der Waals surface area contributed by atoms with E-state index < -0.39 is 0 Å². The summed E-state index contributed by atoms with van der Waals surface area (Å²) in [4.78, 5) is 4.50. The van der Waals surface area contributed by atoms with Crippen molar-refractivity contribution in [1.82, 2.24) is 15.5 Å². The Morgan fingerprint density at radius 1 is 1.37 bits per heavy atom. The fourth-order valence-corrected chi connectivity index (χ4v) is 2.89. The lowest BCUT2D eigenvalue weighted by Gasteiger charge is -2.20. The van der Waals surface area contributed by atoms with Gasteiger partial charge in [-0.15, -0.1) is 0 Å². The van der Waals surface area contributed by atoms with Crippen LogP contribution in [0.4, 0.5) is 0 Å². The highest BCUT2D eigenvalue weighted by molar-refractivity contribution is 9.10. The van der Waals surface area contributed by atoms with Gasteiger partial charge in [-0.25, -0.2) is 0 Å². The van der Waals surface area contributed by atoms with Gasteiger partial charge >= 0.3 is 0 Å². The Hall–Kier alpha value is -1.20. The van der Waals surface area contributed by atoms with Gasteiger partial charge in [0.1, 0.15) is 0 Å². The van der Waals surface area contributed by atoms with Crippen molar-refractivity contribution in [1.29, 1.82) is 0 Å². The Kier molecular flexibility index (Phi) is 3.94. The van der Waals surface area contributed by atoms with Gasteiger partial charge in [0.2, 0.25) is 0 Å². The summed E-state index contributed by atoms with van der Waals surface area (Å²) in [5.41, 5.74) is 0.947. The third kappa shape index (κ3) is 3.04. The Bertz CT molecular complexity index is 549. The summed E-state index contributed by atoms with van der Waals surface area (Å²) in [5.74, 6) is 2.02. The monoisotopic (exact) mass is 321 g/mol. The van der Waals surface area contributed by atoms with Gasteiger partial charge in [0.05, 0.1) is 5.56 Å². The Morgan fingerprint density at radius 3 is 3.05 bits per heavy atom. The second-order valence-corrected chi connectivity index (χ2v) is 5.77. The molecule has 100 valence electrons. The molecule has 1 aromatic heterocycles. The van der Waals surface area contributed by atoms with E-state index in [-0.39, 0.29) is 0 Å². The molecule has 4 nitrogen and oxygen atoms in total. The fourth-order valence-electron chi connectivity index (χ4n) is 2.44. The number of aromatic nitrogens is 2. The first-order valence-electron chi connectivity index (χ1n) is 6.61. The third-order valence-corrected chi connectivity index (χ3v) is 4.13. The molecule has 1 unspecified atom stereocenters. The van der Waals surface area contributed by atoms with E-state index in [9.17, 15) is 0 Å². The lowest BCUT2D eigenvalue weighted by Crippen LogP contribution is -2.31. The second kappa shape index (κ2) is 5.84. The minimum absolute atomic E-state index is 0.589. The maximum Gasteiger partial charge on any atom is 0.259 e. The highest BCUT2D eigenvalue weighted by Gasteiger charge is 2.18. The van der Waals surface area contributed by atoms with Crippen molar-refractivity contribution in [3.05, 3.63) is 34.6 Å². The molecule has 1 fully saturated rings. The van der Waals surface area contributed by atoms with Crippen molar-refractivity contribution >= 4 is 15.9 Å². The van der Waals surface area contributed by atoms with Crippen LogP contribution in [0.2, 0.25) is 0 Å². The van der Waals surface area contributed by atoms with Gasteiger partial charge in [-0.05, 0) is 59.9 Å². The largest absolute Gasteiger partial charge is 0.334 e. The molecule has 1 aliphatic heterocycles. The molecule has 0 saturated carbocycles. The molecule has 0 bridgehead atoms. The van der Waals surface area contributed by atoms with Crippen molar-refractivity contribution in [2.24, 2.45) is 5.92 Å². The highest BCUT2D eigenvalue weighted by atomic mass is 79.9. The lowest BCUT2D eigenvalue weighted by atomic mass is 9.96. The third-order valence-electron chi connectivity index (χ3n) is 3.44. The average molecular weight is 322 g/mol. The van der Waals surface area contributed by atoms with Crippen LogP contribution in [0.3, 0.4) is 0 Å². The summed E-state index contributed by atoms with van der Waals surface area (Å²) in [6, 6.07) is 7.89. The summed E-state index contributed by atoms with van der Waals surface area (Å²) in [6.07, 6.45) is 3.37. The van der Waals surface area contributed by atoms with Gasteiger partial charge in [0.15, 0.2) is 5.82 Å². The normalized spacial score (nSPS) is 19.5. The minimum atomic E-state index is 0.589. The molecule has 0 spiro atoms. The number of nitrogens with one attached hydrogen (secondary N) is 1. The van der Waals surface area contributed by atoms with Gasteiger partial charge in [0, 0.05) is 10.9 Å². The number of rotatable bonds is 3. The molecule has 0 amide bonds. The average Bonchev–Trinajstić information content (AvgIpc) is 2.89. The van der Waals surface area contributed by atoms with Crippen molar-refractivity contribution in [2.75, 3.05) is 13.1 Å². The molecule has 1 aromatic carbocycles. The number of hydrogen-bond acceptors (Lipinski definition) is 4. The second-order valence-electron chi connectivity index (χ2n) is 4.91. The number of piperidine rings is 1. The topological polar surface area (TPSA) is 51.0 Å². The summed E-state index contributed by atoms with van der Waals surface area (Å²) in [7, 11) is 0. The molecule has 5 heteroatoms. The molecular formula is C14H16BrN3O. The van der Waals surface area contributed by atoms with E-state index in [1.165, 1.54) is 12.8 Å².